The van der Waals surface area contributed by atoms with Crippen molar-refractivity contribution < 1.29 is 4.42 Å². The molecule has 0 saturated carbocycles. The highest BCUT2D eigenvalue weighted by Crippen LogP contribution is 2.48. The molecule has 2 heterocycles. The summed E-state index contributed by atoms with van der Waals surface area (Å²) in [6.07, 6.45) is 0. The lowest BCUT2D eigenvalue weighted by molar-refractivity contribution is 0.670. The molecule has 8 aromatic carbocycles. The third-order valence-electron chi connectivity index (χ3n) is 9.71. The molecular formula is C45H29NOS. The molecule has 0 amide bonds. The summed E-state index contributed by atoms with van der Waals surface area (Å²) in [7, 11) is 0. The molecule has 3 heteroatoms. The van der Waals surface area contributed by atoms with Crippen molar-refractivity contribution in [3.05, 3.63) is 163 Å². The molecule has 0 unspecified atom stereocenters. The minimum Gasteiger partial charge on any atom is -0.455 e. The Balaban J connectivity index is 1.25. The Morgan fingerprint density at radius 2 is 1.21 bits per heavy atom. The molecule has 0 saturated heterocycles. The maximum absolute atomic E-state index is 6.73. The molecule has 0 aliphatic heterocycles. The van der Waals surface area contributed by atoms with E-state index in [-0.39, 0.29) is 0 Å². The smallest absolute Gasteiger partial charge is 0.143 e. The van der Waals surface area contributed by atoms with Gasteiger partial charge in [-0.1, -0.05) is 121 Å². The van der Waals surface area contributed by atoms with Gasteiger partial charge in [0.25, 0.3) is 0 Å². The van der Waals surface area contributed by atoms with Gasteiger partial charge in [-0.2, -0.15) is 0 Å². The van der Waals surface area contributed by atoms with Gasteiger partial charge in [0, 0.05) is 59.3 Å². The van der Waals surface area contributed by atoms with Crippen LogP contribution in [0.15, 0.2) is 162 Å². The van der Waals surface area contributed by atoms with Crippen LogP contribution in [-0.4, -0.2) is 0 Å². The van der Waals surface area contributed by atoms with E-state index in [4.69, 9.17) is 4.42 Å². The first-order chi connectivity index (χ1) is 23.7. The Hall–Kier alpha value is -5.90. The Morgan fingerprint density at radius 1 is 0.500 bits per heavy atom. The lowest BCUT2D eigenvalue weighted by Gasteiger charge is -2.27. The number of fused-ring (bicyclic) bond motifs is 10. The van der Waals surface area contributed by atoms with Gasteiger partial charge in [0.15, 0.2) is 0 Å². The van der Waals surface area contributed by atoms with Gasteiger partial charge >= 0.3 is 0 Å². The first-order valence-electron chi connectivity index (χ1n) is 16.3. The largest absolute Gasteiger partial charge is 0.455 e. The molecule has 0 aliphatic carbocycles. The van der Waals surface area contributed by atoms with E-state index >= 15 is 0 Å². The summed E-state index contributed by atoms with van der Waals surface area (Å²) < 4.78 is 9.33. The Kier molecular flexibility index (Phi) is 5.99. The third-order valence-corrected chi connectivity index (χ3v) is 10.8. The molecule has 0 radical (unpaired) electrons. The maximum atomic E-state index is 6.73. The van der Waals surface area contributed by atoms with Crippen molar-refractivity contribution in [3.63, 3.8) is 0 Å². The number of anilines is 3. The average Bonchev–Trinajstić information content (AvgIpc) is 3.71. The van der Waals surface area contributed by atoms with Gasteiger partial charge in [-0.15, -0.1) is 11.3 Å². The minimum atomic E-state index is 0.877. The van der Waals surface area contributed by atoms with Crippen LogP contribution in [0, 0.1) is 6.92 Å². The van der Waals surface area contributed by atoms with Crippen LogP contribution in [0.5, 0.6) is 0 Å². The van der Waals surface area contributed by atoms with Crippen molar-refractivity contribution in [2.45, 2.75) is 6.92 Å². The number of para-hydroxylation sites is 1. The third kappa shape index (κ3) is 4.11. The molecule has 10 rings (SSSR count). The fourth-order valence-electron chi connectivity index (χ4n) is 7.46. The molecule has 0 N–H and O–H groups in total. The molecule has 0 aliphatic rings. The number of hydrogen-bond donors (Lipinski definition) is 0. The zero-order chi connectivity index (χ0) is 31.8. The fraction of sp³-hybridized carbons (Fsp3) is 0.0222. The van der Waals surface area contributed by atoms with Crippen molar-refractivity contribution in [1.82, 2.24) is 0 Å². The van der Waals surface area contributed by atoms with E-state index in [0.717, 1.165) is 50.1 Å². The summed E-state index contributed by atoms with van der Waals surface area (Å²) in [5, 5.41) is 9.98. The van der Waals surface area contributed by atoms with Crippen LogP contribution in [0.3, 0.4) is 0 Å². The zero-order valence-electron chi connectivity index (χ0n) is 26.3. The molecule has 10 aromatic rings. The first kappa shape index (κ1) is 27.2. The van der Waals surface area contributed by atoms with Crippen LogP contribution in [0.1, 0.15) is 5.56 Å². The molecule has 0 fully saturated rings. The SMILES string of the molecule is Cc1ccc(N(c2ccc3c(c2)oc2c(-c4ccccc4)cccc23)c2cc3sc4ccc5ccccc5c4c3c3ccccc23)cc1. The van der Waals surface area contributed by atoms with E-state index in [1.165, 1.54) is 47.3 Å². The first-order valence-corrected chi connectivity index (χ1v) is 17.2. The molecule has 2 nitrogen and oxygen atoms in total. The summed E-state index contributed by atoms with van der Waals surface area (Å²) in [6.45, 7) is 2.14. The Morgan fingerprint density at radius 3 is 2.06 bits per heavy atom. The fourth-order valence-corrected chi connectivity index (χ4v) is 8.63. The van der Waals surface area contributed by atoms with Crippen molar-refractivity contribution in [3.8, 4) is 11.1 Å². The van der Waals surface area contributed by atoms with Crippen molar-refractivity contribution in [1.29, 1.82) is 0 Å². The quantitative estimate of drug-likeness (QED) is 0.192. The number of furan rings is 1. The van der Waals surface area contributed by atoms with Gasteiger partial charge in [0.05, 0.1) is 5.69 Å². The van der Waals surface area contributed by atoms with Crippen LogP contribution in [0.2, 0.25) is 0 Å². The topological polar surface area (TPSA) is 16.4 Å². The average molecular weight is 632 g/mol. The lowest BCUT2D eigenvalue weighted by atomic mass is 9.98. The van der Waals surface area contributed by atoms with E-state index in [2.05, 4.69) is 170 Å². The second-order valence-corrected chi connectivity index (χ2v) is 13.7. The molecule has 48 heavy (non-hydrogen) atoms. The highest BCUT2D eigenvalue weighted by atomic mass is 32.1. The summed E-state index contributed by atoms with van der Waals surface area (Å²) >= 11 is 1.88. The second kappa shape index (κ2) is 10.6. The number of hydrogen-bond acceptors (Lipinski definition) is 3. The van der Waals surface area contributed by atoms with Crippen LogP contribution in [0.25, 0.3) is 74.8 Å². The van der Waals surface area contributed by atoms with Gasteiger partial charge in [-0.05, 0) is 65.0 Å². The number of rotatable bonds is 4. The van der Waals surface area contributed by atoms with Gasteiger partial charge < -0.3 is 9.32 Å². The van der Waals surface area contributed by atoms with Crippen LogP contribution >= 0.6 is 11.3 Å². The molecule has 2 aromatic heterocycles. The standard InChI is InChI=1S/C45H29NOS/c1-28-18-21-31(22-19-28)46(32-23-24-36-38-17-9-16-34(29-10-3-2-4-11-29)45(38)47-40(36)26-32)39-27-42-44(37-15-8-7-14-35(37)39)43-33-13-6-5-12-30(33)20-25-41(43)48-42/h2-27H,1H3. The normalized spacial score (nSPS) is 11.9. The van der Waals surface area contributed by atoms with Crippen LogP contribution in [0.4, 0.5) is 17.1 Å². The number of benzene rings is 8. The van der Waals surface area contributed by atoms with Gasteiger partial charge in [-0.3, -0.25) is 0 Å². The molecule has 226 valence electrons. The van der Waals surface area contributed by atoms with Crippen molar-refractivity contribution >= 4 is 92.1 Å². The van der Waals surface area contributed by atoms with E-state index in [1.54, 1.807) is 0 Å². The predicted molar refractivity (Wildman–Crippen MR) is 206 cm³/mol. The second-order valence-electron chi connectivity index (χ2n) is 12.6. The summed E-state index contributed by atoms with van der Waals surface area (Å²) in [5.41, 5.74) is 8.60. The van der Waals surface area contributed by atoms with Crippen LogP contribution < -0.4 is 4.90 Å². The van der Waals surface area contributed by atoms with Gasteiger partial charge in [0.2, 0.25) is 0 Å². The number of nitrogens with zero attached hydrogens (tertiary/aromatic N) is 1. The summed E-state index contributed by atoms with van der Waals surface area (Å²) in [4.78, 5) is 2.40. The molecule has 0 spiro atoms. The van der Waals surface area contributed by atoms with Crippen molar-refractivity contribution in [2.75, 3.05) is 4.90 Å². The van der Waals surface area contributed by atoms with Crippen molar-refractivity contribution in [2.24, 2.45) is 0 Å². The number of thiophene rings is 1. The molecule has 0 bridgehead atoms. The van der Waals surface area contributed by atoms with Gasteiger partial charge in [0.1, 0.15) is 11.2 Å². The minimum absolute atomic E-state index is 0.877. The van der Waals surface area contributed by atoms with E-state index in [1.807, 2.05) is 11.3 Å². The highest BCUT2D eigenvalue weighted by Gasteiger charge is 2.21. The zero-order valence-corrected chi connectivity index (χ0v) is 27.1. The Bertz CT molecular complexity index is 2840. The highest BCUT2D eigenvalue weighted by molar-refractivity contribution is 7.26. The van der Waals surface area contributed by atoms with Gasteiger partial charge in [-0.25, -0.2) is 0 Å². The Labute approximate surface area is 281 Å². The molecular weight excluding hydrogens is 603 g/mol. The maximum Gasteiger partial charge on any atom is 0.143 e. The summed E-state index contributed by atoms with van der Waals surface area (Å²) in [5.74, 6) is 0. The van der Waals surface area contributed by atoms with E-state index in [0.29, 0.717) is 0 Å². The summed E-state index contributed by atoms with van der Waals surface area (Å²) in [6, 6.07) is 57.0. The monoisotopic (exact) mass is 631 g/mol. The molecule has 0 atom stereocenters. The van der Waals surface area contributed by atoms with Crippen LogP contribution in [-0.2, 0) is 0 Å². The number of aryl methyl sites for hydroxylation is 1. The lowest BCUT2D eigenvalue weighted by Crippen LogP contribution is -2.10. The van der Waals surface area contributed by atoms with E-state index in [9.17, 15) is 0 Å². The van der Waals surface area contributed by atoms with E-state index < -0.39 is 0 Å². The predicted octanol–water partition coefficient (Wildman–Crippen LogP) is 13.7.